The third-order valence-electron chi connectivity index (χ3n) is 4.06. The molecule has 0 saturated carbocycles. The monoisotopic (exact) mass is 368 g/mol. The van der Waals surface area contributed by atoms with Crippen molar-refractivity contribution < 1.29 is 4.79 Å². The summed E-state index contributed by atoms with van der Waals surface area (Å²) >= 11 is 5.53. The predicted octanol–water partition coefficient (Wildman–Crippen LogP) is 4.85. The van der Waals surface area contributed by atoms with Gasteiger partial charge in [-0.2, -0.15) is 0 Å². The number of alkyl halides is 1. The van der Waals surface area contributed by atoms with Crippen LogP contribution in [-0.4, -0.2) is 21.8 Å². The number of anilines is 3. The Balaban J connectivity index is 1.87. The van der Waals surface area contributed by atoms with Crippen LogP contribution in [0.1, 0.15) is 26.3 Å². The maximum absolute atomic E-state index is 11.4. The summed E-state index contributed by atoms with van der Waals surface area (Å²) in [4.78, 5) is 20.1. The number of hydrogen-bond donors (Lipinski definition) is 2. The van der Waals surface area contributed by atoms with Crippen molar-refractivity contribution in [3.8, 4) is 0 Å². The molecule has 3 aromatic rings. The van der Waals surface area contributed by atoms with E-state index in [1.165, 1.54) is 11.9 Å². The molecule has 2 N–H and O–H groups in total. The Morgan fingerprint density at radius 1 is 1.04 bits per heavy atom. The topological polar surface area (TPSA) is 66.9 Å². The van der Waals surface area contributed by atoms with Crippen molar-refractivity contribution >= 4 is 45.6 Å². The Morgan fingerprint density at radius 2 is 1.73 bits per heavy atom. The van der Waals surface area contributed by atoms with Gasteiger partial charge in [0.15, 0.2) is 0 Å². The summed E-state index contributed by atoms with van der Waals surface area (Å²) in [6.07, 6.45) is 1.50. The molecule has 0 saturated heterocycles. The molecule has 3 rings (SSSR count). The number of carbonyl (C=O) groups is 1. The summed E-state index contributed by atoms with van der Waals surface area (Å²) in [7, 11) is 0. The smallest absolute Gasteiger partial charge is 0.239 e. The lowest BCUT2D eigenvalue weighted by Gasteiger charge is -2.19. The van der Waals surface area contributed by atoms with Gasteiger partial charge in [-0.1, -0.05) is 32.9 Å². The van der Waals surface area contributed by atoms with E-state index >= 15 is 0 Å². The molecule has 2 aromatic carbocycles. The molecule has 0 atom stereocenters. The number of carbonyl (C=O) groups excluding carboxylic acids is 1. The van der Waals surface area contributed by atoms with Gasteiger partial charge in [0.2, 0.25) is 5.91 Å². The van der Waals surface area contributed by atoms with E-state index in [0.717, 1.165) is 16.6 Å². The Morgan fingerprint density at radius 3 is 2.38 bits per heavy atom. The number of fused-ring (bicyclic) bond motifs is 1. The van der Waals surface area contributed by atoms with Crippen molar-refractivity contribution in [3.05, 3.63) is 54.4 Å². The first-order chi connectivity index (χ1) is 12.4. The van der Waals surface area contributed by atoms with Crippen LogP contribution in [0.4, 0.5) is 17.2 Å². The first-order valence-electron chi connectivity index (χ1n) is 8.35. The molecule has 0 spiro atoms. The van der Waals surface area contributed by atoms with Crippen molar-refractivity contribution in [2.45, 2.75) is 26.2 Å². The largest absolute Gasteiger partial charge is 0.340 e. The maximum Gasteiger partial charge on any atom is 0.239 e. The van der Waals surface area contributed by atoms with Crippen LogP contribution in [-0.2, 0) is 10.2 Å². The minimum absolute atomic E-state index is 0.0841. The van der Waals surface area contributed by atoms with Crippen LogP contribution in [0.5, 0.6) is 0 Å². The lowest BCUT2D eigenvalue weighted by atomic mass is 9.87. The van der Waals surface area contributed by atoms with Crippen LogP contribution in [0.3, 0.4) is 0 Å². The summed E-state index contributed by atoms with van der Waals surface area (Å²) in [5.41, 5.74) is 3.74. The molecule has 5 nitrogen and oxygen atoms in total. The maximum atomic E-state index is 11.4. The number of halogens is 1. The number of benzene rings is 2. The van der Waals surface area contributed by atoms with Gasteiger partial charge in [-0.05, 0) is 41.3 Å². The highest BCUT2D eigenvalue weighted by atomic mass is 35.5. The highest BCUT2D eigenvalue weighted by molar-refractivity contribution is 6.29. The van der Waals surface area contributed by atoms with E-state index in [1.807, 2.05) is 24.3 Å². The van der Waals surface area contributed by atoms with Gasteiger partial charge in [0.05, 0.1) is 5.52 Å². The molecule has 0 aliphatic rings. The fourth-order valence-corrected chi connectivity index (χ4v) is 2.69. The van der Waals surface area contributed by atoms with Gasteiger partial charge in [-0.3, -0.25) is 4.79 Å². The lowest BCUT2D eigenvalue weighted by molar-refractivity contribution is -0.113. The molecule has 0 unspecified atom stereocenters. The molecule has 0 bridgehead atoms. The average molecular weight is 369 g/mol. The summed E-state index contributed by atoms with van der Waals surface area (Å²) in [5, 5.41) is 6.93. The molecule has 0 fully saturated rings. The van der Waals surface area contributed by atoms with Crippen molar-refractivity contribution in [2.75, 3.05) is 16.5 Å². The van der Waals surface area contributed by atoms with Gasteiger partial charge < -0.3 is 10.6 Å². The number of aromatic nitrogens is 2. The molecule has 1 aromatic heterocycles. The lowest BCUT2D eigenvalue weighted by Crippen LogP contribution is -2.12. The third-order valence-corrected chi connectivity index (χ3v) is 4.30. The van der Waals surface area contributed by atoms with Gasteiger partial charge >= 0.3 is 0 Å². The van der Waals surface area contributed by atoms with Crippen LogP contribution < -0.4 is 10.6 Å². The second-order valence-electron chi connectivity index (χ2n) is 7.09. The normalized spacial score (nSPS) is 11.4. The molecule has 1 amide bonds. The summed E-state index contributed by atoms with van der Waals surface area (Å²) in [5.74, 6) is 0.380. The van der Waals surface area contributed by atoms with Crippen molar-refractivity contribution in [1.82, 2.24) is 9.97 Å². The molecular formula is C20H21ClN4O. The zero-order valence-corrected chi connectivity index (χ0v) is 15.8. The summed E-state index contributed by atoms with van der Waals surface area (Å²) < 4.78 is 0. The third kappa shape index (κ3) is 4.11. The highest BCUT2D eigenvalue weighted by Crippen LogP contribution is 2.27. The molecular weight excluding hydrogens is 348 g/mol. The average Bonchev–Trinajstić information content (AvgIpc) is 2.61. The van der Waals surface area contributed by atoms with E-state index in [9.17, 15) is 4.79 Å². The SMILES string of the molecule is CC(C)(C)c1ccc(Nc2ncnc3cc(NC(=O)CCl)ccc23)cc1. The molecule has 1 heterocycles. The molecule has 134 valence electrons. The molecule has 26 heavy (non-hydrogen) atoms. The van der Waals surface area contributed by atoms with Gasteiger partial charge in [-0.15, -0.1) is 11.6 Å². The van der Waals surface area contributed by atoms with Crippen LogP contribution in [0, 0.1) is 0 Å². The van der Waals surface area contributed by atoms with E-state index < -0.39 is 0 Å². The van der Waals surface area contributed by atoms with Crippen LogP contribution in [0.15, 0.2) is 48.8 Å². The Kier molecular flexibility index (Phi) is 5.09. The Hall–Kier alpha value is -2.66. The van der Waals surface area contributed by atoms with Crippen molar-refractivity contribution in [2.24, 2.45) is 0 Å². The molecule has 6 heteroatoms. The number of amides is 1. The number of nitrogens with one attached hydrogen (secondary N) is 2. The fourth-order valence-electron chi connectivity index (χ4n) is 2.62. The van der Waals surface area contributed by atoms with E-state index in [4.69, 9.17) is 11.6 Å². The second-order valence-corrected chi connectivity index (χ2v) is 7.36. The highest BCUT2D eigenvalue weighted by Gasteiger charge is 2.13. The van der Waals surface area contributed by atoms with Crippen molar-refractivity contribution in [1.29, 1.82) is 0 Å². The van der Waals surface area contributed by atoms with Gasteiger partial charge in [-0.25, -0.2) is 9.97 Å². The zero-order chi connectivity index (χ0) is 18.7. The van der Waals surface area contributed by atoms with E-state index in [1.54, 1.807) is 6.07 Å². The minimum Gasteiger partial charge on any atom is -0.340 e. The van der Waals surface area contributed by atoms with Crippen LogP contribution >= 0.6 is 11.6 Å². The van der Waals surface area contributed by atoms with Gasteiger partial charge in [0.25, 0.3) is 0 Å². The standard InChI is InChI=1S/C20H21ClN4O/c1-20(2,3)13-4-6-14(7-5-13)25-19-16-9-8-15(24-18(26)11-21)10-17(16)22-12-23-19/h4-10,12H,11H2,1-3H3,(H,24,26)(H,22,23,25). The number of hydrogen-bond acceptors (Lipinski definition) is 4. The van der Waals surface area contributed by atoms with Crippen LogP contribution in [0.25, 0.3) is 10.9 Å². The molecule has 0 aliphatic heterocycles. The summed E-state index contributed by atoms with van der Waals surface area (Å²) in [6.45, 7) is 6.57. The van der Waals surface area contributed by atoms with Gasteiger partial charge in [0.1, 0.15) is 18.0 Å². The minimum atomic E-state index is -0.252. The molecule has 0 aliphatic carbocycles. The Bertz CT molecular complexity index is 933. The summed E-state index contributed by atoms with van der Waals surface area (Å²) in [6, 6.07) is 13.8. The number of rotatable bonds is 4. The quantitative estimate of drug-likeness (QED) is 0.646. The van der Waals surface area contributed by atoms with Crippen molar-refractivity contribution in [3.63, 3.8) is 0 Å². The van der Waals surface area contributed by atoms with Crippen LogP contribution in [0.2, 0.25) is 0 Å². The first-order valence-corrected chi connectivity index (χ1v) is 8.88. The second kappa shape index (κ2) is 7.30. The predicted molar refractivity (Wildman–Crippen MR) is 107 cm³/mol. The van der Waals surface area contributed by atoms with E-state index in [2.05, 4.69) is 53.5 Å². The Labute approximate surface area is 157 Å². The van der Waals surface area contributed by atoms with Gasteiger partial charge in [0, 0.05) is 16.8 Å². The van der Waals surface area contributed by atoms with E-state index in [0.29, 0.717) is 11.5 Å². The molecule has 0 radical (unpaired) electrons. The zero-order valence-electron chi connectivity index (χ0n) is 15.0. The van der Waals surface area contributed by atoms with E-state index in [-0.39, 0.29) is 17.2 Å². The first kappa shape index (κ1) is 18.1. The fraction of sp³-hybridized carbons (Fsp3) is 0.250. The number of nitrogens with zero attached hydrogens (tertiary/aromatic N) is 2.